The highest BCUT2D eigenvalue weighted by atomic mass is 16.5. The lowest BCUT2D eigenvalue weighted by Crippen LogP contribution is -2.34. The maximum absolute atomic E-state index is 13.5. The van der Waals surface area contributed by atoms with Crippen molar-refractivity contribution in [2.75, 3.05) is 30.4 Å². The zero-order valence-electron chi connectivity index (χ0n) is 19.7. The van der Waals surface area contributed by atoms with Gasteiger partial charge in [-0.2, -0.15) is 0 Å². The number of hydrogen-bond donors (Lipinski definition) is 1. The van der Waals surface area contributed by atoms with Crippen molar-refractivity contribution in [2.24, 2.45) is 4.99 Å². The average molecular weight is 466 g/mol. The molecule has 0 spiro atoms. The minimum Gasteiger partial charge on any atom is -0.495 e. The Balaban J connectivity index is 1.55. The molecular formula is C29H27N3O3. The monoisotopic (exact) mass is 465 g/mol. The van der Waals surface area contributed by atoms with Crippen LogP contribution >= 0.6 is 0 Å². The smallest absolute Gasteiger partial charge is 0.261 e. The zero-order valence-corrected chi connectivity index (χ0v) is 19.7. The largest absolute Gasteiger partial charge is 0.495 e. The van der Waals surface area contributed by atoms with E-state index in [1.54, 1.807) is 7.11 Å². The number of methoxy groups -OCH3 is 1. The van der Waals surface area contributed by atoms with Gasteiger partial charge in [0.25, 0.3) is 5.91 Å². The van der Waals surface area contributed by atoms with E-state index in [1.807, 2.05) is 60.7 Å². The Morgan fingerprint density at radius 1 is 1.00 bits per heavy atom. The molecule has 1 N–H and O–H groups in total. The molecule has 0 aliphatic carbocycles. The molecular weight excluding hydrogens is 438 g/mol. The quantitative estimate of drug-likeness (QED) is 0.425. The molecule has 0 fully saturated rings. The normalized spacial score (nSPS) is 15.1. The number of fused-ring (bicyclic) bond motifs is 2. The molecule has 3 heterocycles. The van der Waals surface area contributed by atoms with Crippen LogP contribution in [0.25, 0.3) is 11.0 Å². The number of ether oxygens (including phenoxy) is 1. The molecule has 3 aromatic carbocycles. The molecule has 0 saturated carbocycles. The number of hydrogen-bond acceptors (Lipinski definition) is 5. The van der Waals surface area contributed by atoms with E-state index < -0.39 is 0 Å². The van der Waals surface area contributed by atoms with Crippen LogP contribution in [-0.2, 0) is 12.8 Å². The van der Waals surface area contributed by atoms with Crippen LogP contribution in [0.2, 0.25) is 0 Å². The zero-order chi connectivity index (χ0) is 23.8. The van der Waals surface area contributed by atoms with Crippen LogP contribution in [0.5, 0.6) is 5.75 Å². The highest BCUT2D eigenvalue weighted by Gasteiger charge is 2.27. The first-order valence-corrected chi connectivity index (χ1v) is 12.1. The van der Waals surface area contributed by atoms with Crippen molar-refractivity contribution < 1.29 is 13.9 Å². The van der Waals surface area contributed by atoms with Gasteiger partial charge in [0.05, 0.1) is 18.5 Å². The fraction of sp³-hybridized carbons (Fsp3) is 0.241. The Bertz CT molecular complexity index is 1490. The number of nitrogens with one attached hydrogen (secondary N) is 1. The Kier molecular flexibility index (Phi) is 5.49. The van der Waals surface area contributed by atoms with Gasteiger partial charge in [-0.1, -0.05) is 30.3 Å². The summed E-state index contributed by atoms with van der Waals surface area (Å²) in [6.45, 7) is 2.18. The van der Waals surface area contributed by atoms with Crippen LogP contribution in [0.15, 0.2) is 76.1 Å². The van der Waals surface area contributed by atoms with Crippen LogP contribution < -0.4 is 20.5 Å². The minimum atomic E-state index is -0.289. The standard InChI is InChI=1S/C29H27N3O3/c1-34-25-14-6-5-13-24(25)31-28(33)23-18-20-17-19-9-7-15-32-16-8-12-22(26(19)32)27(20)35-29(23)30-21-10-3-2-4-11-21/h2-6,10-11,13-14,17-18H,7-9,12,15-16H2,1H3,(H,31,33). The predicted molar refractivity (Wildman–Crippen MR) is 138 cm³/mol. The molecule has 6 rings (SSSR count). The molecule has 2 aliphatic rings. The van der Waals surface area contributed by atoms with Crippen molar-refractivity contribution >= 4 is 33.9 Å². The second kappa shape index (κ2) is 8.95. The van der Waals surface area contributed by atoms with Gasteiger partial charge in [-0.05, 0) is 67.6 Å². The van der Waals surface area contributed by atoms with Gasteiger partial charge in [0.2, 0.25) is 5.55 Å². The lowest BCUT2D eigenvalue weighted by Gasteiger charge is -2.37. The topological polar surface area (TPSA) is 67.1 Å². The Labute approximate surface area is 203 Å². The number of para-hydroxylation sites is 3. The molecule has 176 valence electrons. The van der Waals surface area contributed by atoms with Crippen LogP contribution in [0.4, 0.5) is 17.1 Å². The maximum atomic E-state index is 13.5. The summed E-state index contributed by atoms with van der Waals surface area (Å²) < 4.78 is 11.9. The van der Waals surface area contributed by atoms with Gasteiger partial charge in [0.15, 0.2) is 0 Å². The summed E-state index contributed by atoms with van der Waals surface area (Å²) in [5.41, 5.74) is 6.77. The first kappa shape index (κ1) is 21.5. The average Bonchev–Trinajstić information content (AvgIpc) is 2.90. The molecule has 1 amide bonds. The molecule has 6 nitrogen and oxygen atoms in total. The summed E-state index contributed by atoms with van der Waals surface area (Å²) in [5.74, 6) is 0.307. The Hall–Kier alpha value is -4.06. The van der Waals surface area contributed by atoms with E-state index in [0.29, 0.717) is 22.6 Å². The number of rotatable bonds is 4. The van der Waals surface area contributed by atoms with Gasteiger partial charge in [-0.15, -0.1) is 0 Å². The third kappa shape index (κ3) is 3.95. The lowest BCUT2D eigenvalue weighted by atomic mass is 9.90. The molecule has 0 bridgehead atoms. The van der Waals surface area contributed by atoms with Crippen LogP contribution in [0.3, 0.4) is 0 Å². The molecule has 0 unspecified atom stereocenters. The van der Waals surface area contributed by atoms with E-state index in [0.717, 1.165) is 55.4 Å². The molecule has 6 heteroatoms. The Morgan fingerprint density at radius 3 is 2.60 bits per heavy atom. The molecule has 0 radical (unpaired) electrons. The van der Waals surface area contributed by atoms with E-state index >= 15 is 0 Å². The summed E-state index contributed by atoms with van der Waals surface area (Å²) >= 11 is 0. The van der Waals surface area contributed by atoms with E-state index in [2.05, 4.69) is 16.3 Å². The van der Waals surface area contributed by atoms with Gasteiger partial charge in [-0.25, -0.2) is 4.99 Å². The maximum Gasteiger partial charge on any atom is 0.261 e. The van der Waals surface area contributed by atoms with Crippen molar-refractivity contribution in [1.82, 2.24) is 0 Å². The summed E-state index contributed by atoms with van der Waals surface area (Å²) in [6, 6.07) is 21.1. The molecule has 0 saturated heterocycles. The van der Waals surface area contributed by atoms with Gasteiger partial charge in [-0.3, -0.25) is 4.79 Å². The SMILES string of the molecule is COc1ccccc1NC(=O)c1cc2cc3c4c(c2oc1=Nc1ccccc1)CCCN4CCC3. The van der Waals surface area contributed by atoms with Crippen molar-refractivity contribution in [2.45, 2.75) is 25.7 Å². The number of carbonyl (C=O) groups excluding carboxylic acids is 1. The van der Waals surface area contributed by atoms with Crippen molar-refractivity contribution in [3.63, 3.8) is 0 Å². The minimum absolute atomic E-state index is 0.289. The number of nitrogens with zero attached hydrogens (tertiary/aromatic N) is 2. The van der Waals surface area contributed by atoms with Crippen LogP contribution in [0.1, 0.15) is 34.3 Å². The molecule has 2 aliphatic heterocycles. The van der Waals surface area contributed by atoms with Crippen LogP contribution in [0, 0.1) is 0 Å². The second-order valence-electron chi connectivity index (χ2n) is 9.04. The van der Waals surface area contributed by atoms with Gasteiger partial charge < -0.3 is 19.4 Å². The fourth-order valence-electron chi connectivity index (χ4n) is 5.26. The van der Waals surface area contributed by atoms with Crippen molar-refractivity contribution in [3.05, 3.63) is 89.0 Å². The second-order valence-corrected chi connectivity index (χ2v) is 9.04. The fourth-order valence-corrected chi connectivity index (χ4v) is 5.26. The summed E-state index contributed by atoms with van der Waals surface area (Å²) in [4.78, 5) is 20.8. The number of anilines is 2. The molecule has 1 aromatic heterocycles. The summed E-state index contributed by atoms with van der Waals surface area (Å²) in [6.07, 6.45) is 4.27. The highest BCUT2D eigenvalue weighted by Crippen LogP contribution is 2.39. The summed E-state index contributed by atoms with van der Waals surface area (Å²) in [7, 11) is 1.59. The Morgan fingerprint density at radius 2 is 1.77 bits per heavy atom. The third-order valence-electron chi connectivity index (χ3n) is 6.82. The first-order valence-electron chi connectivity index (χ1n) is 12.1. The van der Waals surface area contributed by atoms with Crippen molar-refractivity contribution in [3.8, 4) is 5.75 Å². The van der Waals surface area contributed by atoms with Crippen molar-refractivity contribution in [1.29, 1.82) is 0 Å². The van der Waals surface area contributed by atoms with Gasteiger partial charge in [0.1, 0.15) is 16.9 Å². The number of amides is 1. The first-order chi connectivity index (χ1) is 17.2. The molecule has 4 aromatic rings. The highest BCUT2D eigenvalue weighted by molar-refractivity contribution is 6.06. The number of carbonyl (C=O) groups is 1. The van der Waals surface area contributed by atoms with E-state index in [4.69, 9.17) is 14.1 Å². The number of benzene rings is 3. The third-order valence-corrected chi connectivity index (χ3v) is 6.82. The number of aryl methyl sites for hydroxylation is 2. The van der Waals surface area contributed by atoms with Gasteiger partial charge >= 0.3 is 0 Å². The lowest BCUT2D eigenvalue weighted by molar-refractivity contribution is 0.102. The van der Waals surface area contributed by atoms with Crippen LogP contribution in [-0.4, -0.2) is 26.1 Å². The van der Waals surface area contributed by atoms with E-state index in [1.165, 1.54) is 16.8 Å². The van der Waals surface area contributed by atoms with E-state index in [9.17, 15) is 4.79 Å². The summed E-state index contributed by atoms with van der Waals surface area (Å²) in [5, 5.41) is 3.93. The molecule has 0 atom stereocenters. The molecule has 35 heavy (non-hydrogen) atoms. The predicted octanol–water partition coefficient (Wildman–Crippen LogP) is 5.62. The van der Waals surface area contributed by atoms with Gasteiger partial charge in [0, 0.05) is 29.7 Å². The van der Waals surface area contributed by atoms with E-state index in [-0.39, 0.29) is 5.91 Å².